The fourth-order valence-corrected chi connectivity index (χ4v) is 2.57. The lowest BCUT2D eigenvalue weighted by Crippen LogP contribution is -2.36. The highest BCUT2D eigenvalue weighted by atomic mass is 16.5. The second kappa shape index (κ2) is 9.89. The van der Waals surface area contributed by atoms with Crippen LogP contribution in [-0.4, -0.2) is 31.1 Å². The highest BCUT2D eigenvalue weighted by molar-refractivity contribution is 6.10. The largest absolute Gasteiger partial charge is 0.497 e. The number of pyridine rings is 1. The summed E-state index contributed by atoms with van der Waals surface area (Å²) in [6, 6.07) is 18.0. The van der Waals surface area contributed by atoms with Crippen molar-refractivity contribution in [2.45, 2.75) is 6.54 Å². The molecule has 0 aliphatic heterocycles. The zero-order chi connectivity index (χ0) is 20.5. The average Bonchev–Trinajstić information content (AvgIpc) is 2.78. The molecular formula is C22H22N4O3. The van der Waals surface area contributed by atoms with E-state index in [4.69, 9.17) is 9.47 Å². The van der Waals surface area contributed by atoms with Crippen LogP contribution in [0.2, 0.25) is 0 Å². The summed E-state index contributed by atoms with van der Waals surface area (Å²) in [4.78, 5) is 21.2. The van der Waals surface area contributed by atoms with Gasteiger partial charge in [0.1, 0.15) is 11.5 Å². The minimum atomic E-state index is -0.288. The van der Waals surface area contributed by atoms with E-state index in [2.05, 4.69) is 20.6 Å². The molecule has 0 radical (unpaired) electrons. The Morgan fingerprint density at radius 1 is 0.966 bits per heavy atom. The van der Waals surface area contributed by atoms with Crippen molar-refractivity contribution in [3.8, 4) is 11.5 Å². The fraction of sp³-hybridized carbons (Fsp3) is 0.136. The normalized spacial score (nSPS) is 10.9. The van der Waals surface area contributed by atoms with Crippen molar-refractivity contribution in [1.82, 2.24) is 10.3 Å². The summed E-state index contributed by atoms with van der Waals surface area (Å²) in [6.45, 7) is 0.378. The van der Waals surface area contributed by atoms with Crippen LogP contribution < -0.4 is 20.1 Å². The van der Waals surface area contributed by atoms with Crippen molar-refractivity contribution in [2.24, 2.45) is 4.99 Å². The molecule has 0 spiro atoms. The molecule has 3 rings (SSSR count). The number of methoxy groups -OCH3 is 2. The summed E-state index contributed by atoms with van der Waals surface area (Å²) in [5.41, 5.74) is 2.15. The SMILES string of the molecule is COc1ccc(C(=O)NC(=NCc2ccncc2)Nc2ccccc2OC)cc1. The van der Waals surface area contributed by atoms with Gasteiger partial charge in [0.05, 0.1) is 26.5 Å². The number of carbonyl (C=O) groups excluding carboxylic acids is 1. The van der Waals surface area contributed by atoms with E-state index < -0.39 is 0 Å². The lowest BCUT2D eigenvalue weighted by atomic mass is 10.2. The van der Waals surface area contributed by atoms with Crippen LogP contribution in [0.25, 0.3) is 0 Å². The van der Waals surface area contributed by atoms with E-state index >= 15 is 0 Å². The average molecular weight is 390 g/mol. The topological polar surface area (TPSA) is 84.8 Å². The van der Waals surface area contributed by atoms with Crippen LogP contribution in [-0.2, 0) is 6.54 Å². The Hall–Kier alpha value is -3.87. The summed E-state index contributed by atoms with van der Waals surface area (Å²) in [6.07, 6.45) is 3.40. The Morgan fingerprint density at radius 3 is 2.38 bits per heavy atom. The van der Waals surface area contributed by atoms with Crippen LogP contribution in [0, 0.1) is 0 Å². The first-order chi connectivity index (χ1) is 14.2. The second-order valence-electron chi connectivity index (χ2n) is 6.03. The number of aromatic nitrogens is 1. The van der Waals surface area contributed by atoms with E-state index in [1.165, 1.54) is 0 Å². The third-order valence-corrected chi connectivity index (χ3v) is 4.11. The smallest absolute Gasteiger partial charge is 0.257 e. The number of amides is 1. The van der Waals surface area contributed by atoms with Gasteiger partial charge in [-0.15, -0.1) is 0 Å². The minimum Gasteiger partial charge on any atom is -0.497 e. The zero-order valence-electron chi connectivity index (χ0n) is 16.3. The third kappa shape index (κ3) is 5.55. The maximum atomic E-state index is 12.7. The van der Waals surface area contributed by atoms with Gasteiger partial charge < -0.3 is 14.8 Å². The summed E-state index contributed by atoms with van der Waals surface area (Å²) in [5, 5.41) is 5.97. The Balaban J connectivity index is 1.82. The summed E-state index contributed by atoms with van der Waals surface area (Å²) < 4.78 is 10.5. The van der Waals surface area contributed by atoms with Gasteiger partial charge in [0.15, 0.2) is 0 Å². The Labute approximate surface area is 169 Å². The number of nitrogens with zero attached hydrogens (tertiary/aromatic N) is 2. The van der Waals surface area contributed by atoms with Gasteiger partial charge in [-0.05, 0) is 54.1 Å². The van der Waals surface area contributed by atoms with Gasteiger partial charge in [0, 0.05) is 18.0 Å². The van der Waals surface area contributed by atoms with Crippen LogP contribution in [0.1, 0.15) is 15.9 Å². The number of hydrogen-bond acceptors (Lipinski definition) is 5. The van der Waals surface area contributed by atoms with E-state index in [0.29, 0.717) is 35.3 Å². The maximum absolute atomic E-state index is 12.7. The van der Waals surface area contributed by atoms with Crippen molar-refractivity contribution in [3.63, 3.8) is 0 Å². The number of carbonyl (C=O) groups is 1. The van der Waals surface area contributed by atoms with Crippen molar-refractivity contribution in [1.29, 1.82) is 0 Å². The molecule has 0 atom stereocenters. The predicted octanol–water partition coefficient (Wildman–Crippen LogP) is 3.50. The molecular weight excluding hydrogens is 368 g/mol. The monoisotopic (exact) mass is 390 g/mol. The van der Waals surface area contributed by atoms with Gasteiger partial charge >= 0.3 is 0 Å². The van der Waals surface area contributed by atoms with E-state index in [0.717, 1.165) is 5.56 Å². The third-order valence-electron chi connectivity index (χ3n) is 4.11. The molecule has 29 heavy (non-hydrogen) atoms. The van der Waals surface area contributed by atoms with Crippen LogP contribution in [0.3, 0.4) is 0 Å². The number of anilines is 1. The molecule has 7 nitrogen and oxygen atoms in total. The van der Waals surface area contributed by atoms with Gasteiger partial charge in [-0.25, -0.2) is 4.99 Å². The molecule has 2 N–H and O–H groups in total. The Morgan fingerprint density at radius 2 is 1.69 bits per heavy atom. The van der Waals surface area contributed by atoms with Crippen molar-refractivity contribution in [3.05, 3.63) is 84.2 Å². The van der Waals surface area contributed by atoms with Crippen LogP contribution in [0.15, 0.2) is 78.0 Å². The predicted molar refractivity (Wildman–Crippen MR) is 112 cm³/mol. The number of aliphatic imine (C=N–C) groups is 1. The van der Waals surface area contributed by atoms with Crippen LogP contribution in [0.5, 0.6) is 11.5 Å². The molecule has 1 aromatic heterocycles. The number of benzene rings is 2. The zero-order valence-corrected chi connectivity index (χ0v) is 16.3. The molecule has 2 aromatic carbocycles. The molecule has 1 heterocycles. The molecule has 0 saturated heterocycles. The van der Waals surface area contributed by atoms with Crippen molar-refractivity contribution < 1.29 is 14.3 Å². The number of nitrogens with one attached hydrogen (secondary N) is 2. The van der Waals surface area contributed by atoms with E-state index in [1.54, 1.807) is 50.9 Å². The maximum Gasteiger partial charge on any atom is 0.257 e. The lowest BCUT2D eigenvalue weighted by molar-refractivity contribution is 0.0977. The summed E-state index contributed by atoms with van der Waals surface area (Å²) in [7, 11) is 3.17. The highest BCUT2D eigenvalue weighted by Gasteiger charge is 2.11. The van der Waals surface area contributed by atoms with Crippen LogP contribution in [0.4, 0.5) is 5.69 Å². The first-order valence-corrected chi connectivity index (χ1v) is 8.98. The first kappa shape index (κ1) is 19.9. The second-order valence-corrected chi connectivity index (χ2v) is 6.03. The van der Waals surface area contributed by atoms with Crippen molar-refractivity contribution >= 4 is 17.6 Å². The Kier molecular flexibility index (Phi) is 6.78. The highest BCUT2D eigenvalue weighted by Crippen LogP contribution is 2.23. The minimum absolute atomic E-state index is 0.288. The standard InChI is InChI=1S/C22H22N4O3/c1-28-18-9-7-17(8-10-18)21(27)26-22(24-15-16-11-13-23-14-12-16)25-19-5-3-4-6-20(19)29-2/h3-14H,15H2,1-2H3,(H2,24,25,26,27). The van der Waals surface area contributed by atoms with Gasteiger partial charge in [-0.1, -0.05) is 12.1 Å². The first-order valence-electron chi connectivity index (χ1n) is 8.98. The van der Waals surface area contributed by atoms with Crippen molar-refractivity contribution in [2.75, 3.05) is 19.5 Å². The molecule has 148 valence electrons. The molecule has 0 aliphatic rings. The molecule has 1 amide bonds. The quantitative estimate of drug-likeness (QED) is 0.497. The van der Waals surface area contributed by atoms with E-state index in [1.807, 2.05) is 36.4 Å². The molecule has 3 aromatic rings. The van der Waals surface area contributed by atoms with Gasteiger partial charge in [-0.3, -0.25) is 15.1 Å². The molecule has 0 unspecified atom stereocenters. The van der Waals surface area contributed by atoms with Gasteiger partial charge in [0.25, 0.3) is 5.91 Å². The van der Waals surface area contributed by atoms with Gasteiger partial charge in [0.2, 0.25) is 5.96 Å². The number of hydrogen-bond donors (Lipinski definition) is 2. The number of rotatable bonds is 6. The summed E-state index contributed by atoms with van der Waals surface area (Å²) in [5.74, 6) is 1.35. The van der Waals surface area contributed by atoms with Crippen LogP contribution >= 0.6 is 0 Å². The Bertz CT molecular complexity index is 973. The molecule has 0 saturated carbocycles. The van der Waals surface area contributed by atoms with E-state index in [-0.39, 0.29) is 5.91 Å². The molecule has 0 aliphatic carbocycles. The van der Waals surface area contributed by atoms with Gasteiger partial charge in [-0.2, -0.15) is 0 Å². The summed E-state index contributed by atoms with van der Waals surface area (Å²) >= 11 is 0. The number of ether oxygens (including phenoxy) is 2. The number of guanidine groups is 1. The molecule has 0 fully saturated rings. The lowest BCUT2D eigenvalue weighted by Gasteiger charge is -2.14. The fourth-order valence-electron chi connectivity index (χ4n) is 2.57. The van der Waals surface area contributed by atoms with E-state index in [9.17, 15) is 4.79 Å². The number of para-hydroxylation sites is 2. The molecule has 7 heteroatoms. The molecule has 0 bridgehead atoms.